The van der Waals surface area contributed by atoms with Gasteiger partial charge in [-0.15, -0.1) is 0 Å². The van der Waals surface area contributed by atoms with Gasteiger partial charge in [-0.2, -0.15) is 0 Å². The molecule has 0 bridgehead atoms. The number of carbonyl (C=O) groups is 1. The molecule has 5 heteroatoms. The van der Waals surface area contributed by atoms with Crippen LogP contribution in [-0.4, -0.2) is 30.5 Å². The van der Waals surface area contributed by atoms with Crippen molar-refractivity contribution in [1.29, 1.82) is 0 Å². The standard InChI is InChI=1S/C14H24N4O/c1-5-18(9-14(3,4)8-15)13-11(12(16)19)7-6-10(2)17-13/h6-7H,5,8-9,15H2,1-4H3,(H2,16,19). The number of nitrogens with zero attached hydrogens (tertiary/aromatic N) is 2. The summed E-state index contributed by atoms with van der Waals surface area (Å²) in [6, 6.07) is 3.53. The number of pyridine rings is 1. The fourth-order valence-corrected chi connectivity index (χ4v) is 1.89. The van der Waals surface area contributed by atoms with Crippen molar-refractivity contribution in [2.75, 3.05) is 24.5 Å². The molecule has 106 valence electrons. The summed E-state index contributed by atoms with van der Waals surface area (Å²) >= 11 is 0. The van der Waals surface area contributed by atoms with Crippen LogP contribution in [0, 0.1) is 12.3 Å². The van der Waals surface area contributed by atoms with E-state index in [4.69, 9.17) is 11.5 Å². The van der Waals surface area contributed by atoms with Crippen LogP contribution in [0.1, 0.15) is 36.8 Å². The average Bonchev–Trinajstić information content (AvgIpc) is 2.35. The first-order valence-electron chi connectivity index (χ1n) is 6.53. The van der Waals surface area contributed by atoms with E-state index in [1.54, 1.807) is 12.1 Å². The second-order valence-corrected chi connectivity index (χ2v) is 5.57. The Kier molecular flexibility index (Phi) is 4.89. The Bertz CT molecular complexity index is 457. The molecule has 4 N–H and O–H groups in total. The maximum Gasteiger partial charge on any atom is 0.252 e. The number of anilines is 1. The Labute approximate surface area is 115 Å². The highest BCUT2D eigenvalue weighted by atomic mass is 16.1. The van der Waals surface area contributed by atoms with Crippen molar-refractivity contribution in [2.24, 2.45) is 16.9 Å². The van der Waals surface area contributed by atoms with E-state index in [1.165, 1.54) is 0 Å². The van der Waals surface area contributed by atoms with E-state index >= 15 is 0 Å². The highest BCUT2D eigenvalue weighted by Gasteiger charge is 2.23. The lowest BCUT2D eigenvalue weighted by Gasteiger charge is -2.32. The third kappa shape index (κ3) is 3.92. The third-order valence-corrected chi connectivity index (χ3v) is 3.13. The topological polar surface area (TPSA) is 85.2 Å². The van der Waals surface area contributed by atoms with Crippen molar-refractivity contribution in [2.45, 2.75) is 27.7 Å². The van der Waals surface area contributed by atoms with Crippen molar-refractivity contribution in [3.8, 4) is 0 Å². The van der Waals surface area contributed by atoms with Gasteiger partial charge >= 0.3 is 0 Å². The van der Waals surface area contributed by atoms with Crippen LogP contribution in [0.25, 0.3) is 0 Å². The quantitative estimate of drug-likeness (QED) is 0.811. The molecule has 5 nitrogen and oxygen atoms in total. The van der Waals surface area contributed by atoms with Gasteiger partial charge in [-0.3, -0.25) is 4.79 Å². The molecule has 0 saturated carbocycles. The third-order valence-electron chi connectivity index (χ3n) is 3.13. The molecular weight excluding hydrogens is 240 g/mol. The van der Waals surface area contributed by atoms with Gasteiger partial charge in [0.2, 0.25) is 0 Å². The molecule has 1 rings (SSSR count). The number of hydrogen-bond donors (Lipinski definition) is 2. The van der Waals surface area contributed by atoms with Crippen molar-refractivity contribution in [3.63, 3.8) is 0 Å². The summed E-state index contributed by atoms with van der Waals surface area (Å²) in [5.74, 6) is 0.197. The fraction of sp³-hybridized carbons (Fsp3) is 0.571. The maximum absolute atomic E-state index is 11.5. The van der Waals surface area contributed by atoms with E-state index in [0.29, 0.717) is 17.9 Å². The molecule has 0 radical (unpaired) electrons. The molecule has 0 aromatic carbocycles. The second kappa shape index (κ2) is 6.02. The Morgan fingerprint density at radius 2 is 2.05 bits per heavy atom. The molecule has 0 aliphatic carbocycles. The van der Waals surface area contributed by atoms with Crippen LogP contribution in [-0.2, 0) is 0 Å². The van der Waals surface area contributed by atoms with Crippen molar-refractivity contribution < 1.29 is 4.79 Å². The summed E-state index contributed by atoms with van der Waals surface area (Å²) in [6.45, 7) is 10.2. The molecule has 0 aliphatic rings. The highest BCUT2D eigenvalue weighted by Crippen LogP contribution is 2.23. The summed E-state index contributed by atoms with van der Waals surface area (Å²) in [7, 11) is 0. The lowest BCUT2D eigenvalue weighted by molar-refractivity contribution is 0.100. The van der Waals surface area contributed by atoms with E-state index in [-0.39, 0.29) is 5.41 Å². The smallest absolute Gasteiger partial charge is 0.252 e. The average molecular weight is 264 g/mol. The summed E-state index contributed by atoms with van der Waals surface area (Å²) < 4.78 is 0. The molecule has 19 heavy (non-hydrogen) atoms. The van der Waals surface area contributed by atoms with Gasteiger partial charge < -0.3 is 16.4 Å². The first kappa shape index (κ1) is 15.4. The predicted octanol–water partition coefficient (Wildman–Crippen LogP) is 1.30. The molecule has 1 aromatic rings. The van der Waals surface area contributed by atoms with Crippen LogP contribution in [0.15, 0.2) is 12.1 Å². The van der Waals surface area contributed by atoms with Gasteiger partial charge in [-0.25, -0.2) is 4.98 Å². The van der Waals surface area contributed by atoms with E-state index in [2.05, 4.69) is 23.7 Å². The van der Waals surface area contributed by atoms with Crippen molar-refractivity contribution >= 4 is 11.7 Å². The first-order chi connectivity index (χ1) is 8.80. The van der Waals surface area contributed by atoms with Crippen LogP contribution in [0.5, 0.6) is 0 Å². The summed E-state index contributed by atoms with van der Waals surface area (Å²) in [4.78, 5) is 18.0. The van der Waals surface area contributed by atoms with Gasteiger partial charge in [-0.1, -0.05) is 13.8 Å². The number of aromatic nitrogens is 1. The maximum atomic E-state index is 11.5. The summed E-state index contributed by atoms with van der Waals surface area (Å²) in [6.07, 6.45) is 0. The summed E-state index contributed by atoms with van der Waals surface area (Å²) in [5, 5.41) is 0. The van der Waals surface area contributed by atoms with E-state index in [1.807, 2.05) is 13.8 Å². The van der Waals surface area contributed by atoms with Gasteiger partial charge in [0.1, 0.15) is 5.82 Å². The molecule has 1 heterocycles. The van der Waals surface area contributed by atoms with Gasteiger partial charge in [-0.05, 0) is 37.9 Å². The van der Waals surface area contributed by atoms with Crippen LogP contribution >= 0.6 is 0 Å². The van der Waals surface area contributed by atoms with E-state index in [0.717, 1.165) is 18.8 Å². The largest absolute Gasteiger partial charge is 0.365 e. The zero-order valence-electron chi connectivity index (χ0n) is 12.2. The molecule has 0 fully saturated rings. The number of hydrogen-bond acceptors (Lipinski definition) is 4. The number of amides is 1. The zero-order chi connectivity index (χ0) is 14.6. The number of carbonyl (C=O) groups excluding carboxylic acids is 1. The van der Waals surface area contributed by atoms with Gasteiger partial charge in [0, 0.05) is 18.8 Å². The number of rotatable bonds is 6. The summed E-state index contributed by atoms with van der Waals surface area (Å²) in [5.41, 5.74) is 12.5. The Morgan fingerprint density at radius 3 is 2.53 bits per heavy atom. The van der Waals surface area contributed by atoms with Crippen LogP contribution < -0.4 is 16.4 Å². The van der Waals surface area contributed by atoms with Crippen molar-refractivity contribution in [3.05, 3.63) is 23.4 Å². The fourth-order valence-electron chi connectivity index (χ4n) is 1.89. The van der Waals surface area contributed by atoms with Gasteiger partial charge in [0.25, 0.3) is 5.91 Å². The lowest BCUT2D eigenvalue weighted by atomic mass is 9.93. The molecule has 0 atom stereocenters. The molecule has 0 spiro atoms. The SMILES string of the molecule is CCN(CC(C)(C)CN)c1nc(C)ccc1C(N)=O. The van der Waals surface area contributed by atoms with Crippen LogP contribution in [0.3, 0.4) is 0 Å². The Balaban J connectivity index is 3.17. The van der Waals surface area contributed by atoms with E-state index in [9.17, 15) is 4.79 Å². The van der Waals surface area contributed by atoms with E-state index < -0.39 is 5.91 Å². The molecule has 0 aliphatic heterocycles. The molecular formula is C14H24N4O. The normalized spacial score (nSPS) is 11.4. The number of aryl methyl sites for hydroxylation is 1. The number of nitrogens with two attached hydrogens (primary N) is 2. The number of primary amides is 1. The second-order valence-electron chi connectivity index (χ2n) is 5.57. The van der Waals surface area contributed by atoms with Crippen LogP contribution in [0.2, 0.25) is 0 Å². The first-order valence-corrected chi connectivity index (χ1v) is 6.53. The molecule has 0 unspecified atom stereocenters. The molecule has 0 saturated heterocycles. The molecule has 1 amide bonds. The minimum atomic E-state index is -0.452. The lowest BCUT2D eigenvalue weighted by Crippen LogP contribution is -2.40. The van der Waals surface area contributed by atoms with Crippen LogP contribution in [0.4, 0.5) is 5.82 Å². The van der Waals surface area contributed by atoms with Gasteiger partial charge in [0.15, 0.2) is 0 Å². The minimum absolute atomic E-state index is 0.0453. The molecule has 1 aromatic heterocycles. The predicted molar refractivity (Wildman–Crippen MR) is 78.2 cm³/mol. The Hall–Kier alpha value is -1.62. The Morgan fingerprint density at radius 1 is 1.42 bits per heavy atom. The zero-order valence-corrected chi connectivity index (χ0v) is 12.2. The highest BCUT2D eigenvalue weighted by molar-refractivity contribution is 5.97. The van der Waals surface area contributed by atoms with Crippen molar-refractivity contribution in [1.82, 2.24) is 4.98 Å². The van der Waals surface area contributed by atoms with Gasteiger partial charge in [0.05, 0.1) is 5.56 Å². The monoisotopic (exact) mass is 264 g/mol. The minimum Gasteiger partial charge on any atom is -0.365 e.